The number of nitrogens with one attached hydrogen (secondary N) is 1. The molecule has 0 aromatic heterocycles. The fourth-order valence-electron chi connectivity index (χ4n) is 0.975. The number of hydrogen-bond acceptors (Lipinski definition) is 5. The fraction of sp³-hybridized carbons (Fsp3) is 0. The van der Waals surface area contributed by atoms with E-state index < -0.39 is 10.9 Å². The number of nitro groups is 1. The minimum atomic E-state index is -1.34. The monoisotopic (exact) mass is 207 g/mol. The molecule has 1 aromatic carbocycles. The van der Waals surface area contributed by atoms with Gasteiger partial charge in [0.25, 0.3) is 0 Å². The molecule has 0 aliphatic rings. The van der Waals surface area contributed by atoms with Crippen molar-refractivity contribution in [1.82, 2.24) is 0 Å². The summed E-state index contributed by atoms with van der Waals surface area (Å²) in [4.78, 5) is 19.9. The lowest BCUT2D eigenvalue weighted by Gasteiger charge is -2.08. The zero-order valence-corrected chi connectivity index (χ0v) is 7.54. The first-order chi connectivity index (χ1) is 7.11. The molecule has 1 N–H and O–H groups in total. The van der Waals surface area contributed by atoms with E-state index in [1.54, 1.807) is 6.07 Å². The molecular formula is C9H7N2O4-. The van der Waals surface area contributed by atoms with Crippen LogP contribution in [0.5, 0.6) is 0 Å². The minimum Gasteiger partial charge on any atom is -0.545 e. The predicted molar refractivity (Wildman–Crippen MR) is 50.5 cm³/mol. The maximum Gasteiger partial charge on any atom is 0.250 e. The largest absolute Gasteiger partial charge is 0.545 e. The molecule has 1 rings (SSSR count). The van der Waals surface area contributed by atoms with Crippen LogP contribution in [0.4, 0.5) is 5.69 Å². The van der Waals surface area contributed by atoms with Crippen molar-refractivity contribution >= 4 is 11.7 Å². The van der Waals surface area contributed by atoms with Crippen LogP contribution in [0.2, 0.25) is 0 Å². The van der Waals surface area contributed by atoms with Gasteiger partial charge in [0.1, 0.15) is 0 Å². The maximum absolute atomic E-state index is 10.6. The quantitative estimate of drug-likeness (QED) is 0.562. The molecule has 0 heterocycles. The van der Waals surface area contributed by atoms with Gasteiger partial charge in [-0.1, -0.05) is 18.2 Å². The average Bonchev–Trinajstić information content (AvgIpc) is 2.17. The number of nitrogens with zero attached hydrogens (tertiary/aromatic N) is 1. The van der Waals surface area contributed by atoms with Crippen LogP contribution in [0.1, 0.15) is 10.4 Å². The highest BCUT2D eigenvalue weighted by atomic mass is 16.6. The normalized spacial score (nSPS) is 10.1. The number of benzene rings is 1. The van der Waals surface area contributed by atoms with Crippen LogP contribution in [-0.4, -0.2) is 10.9 Å². The highest BCUT2D eigenvalue weighted by Gasteiger charge is 1.99. The minimum absolute atomic E-state index is 0.0505. The number of carbonyl (C=O) groups excluding carboxylic acids is 1. The van der Waals surface area contributed by atoms with Gasteiger partial charge in [-0.25, -0.2) is 0 Å². The Kier molecular flexibility index (Phi) is 3.39. The van der Waals surface area contributed by atoms with Crippen molar-refractivity contribution in [2.24, 2.45) is 0 Å². The number of para-hydroxylation sites is 1. The fourth-order valence-corrected chi connectivity index (χ4v) is 0.975. The summed E-state index contributed by atoms with van der Waals surface area (Å²) in [6.07, 6.45) is 1.72. The molecule has 0 unspecified atom stereocenters. The number of carboxylic acids is 1. The topological polar surface area (TPSA) is 95.3 Å². The molecule has 0 radical (unpaired) electrons. The van der Waals surface area contributed by atoms with Crippen molar-refractivity contribution in [3.05, 3.63) is 52.3 Å². The van der Waals surface area contributed by atoms with E-state index in [-0.39, 0.29) is 11.3 Å². The summed E-state index contributed by atoms with van der Waals surface area (Å²) in [6, 6.07) is 5.97. The summed E-state index contributed by atoms with van der Waals surface area (Å²) in [7, 11) is 0. The lowest BCUT2D eigenvalue weighted by molar-refractivity contribution is -0.402. The molecule has 1 aromatic rings. The van der Waals surface area contributed by atoms with Crippen molar-refractivity contribution in [3.8, 4) is 0 Å². The van der Waals surface area contributed by atoms with E-state index in [0.29, 0.717) is 6.20 Å². The summed E-state index contributed by atoms with van der Waals surface area (Å²) in [5.74, 6) is -1.34. The lowest BCUT2D eigenvalue weighted by Crippen LogP contribution is -2.23. The average molecular weight is 207 g/mol. The molecule has 0 spiro atoms. The van der Waals surface area contributed by atoms with Crippen LogP contribution in [0, 0.1) is 10.1 Å². The van der Waals surface area contributed by atoms with Crippen molar-refractivity contribution in [2.45, 2.75) is 0 Å². The number of aromatic carboxylic acids is 1. The zero-order valence-electron chi connectivity index (χ0n) is 7.54. The van der Waals surface area contributed by atoms with Crippen LogP contribution in [-0.2, 0) is 0 Å². The summed E-state index contributed by atoms with van der Waals surface area (Å²) < 4.78 is 0. The molecule has 0 fully saturated rings. The second-order valence-corrected chi connectivity index (χ2v) is 2.58. The van der Waals surface area contributed by atoms with Gasteiger partial charge in [-0.05, 0) is 6.07 Å². The molecule has 15 heavy (non-hydrogen) atoms. The molecule has 0 saturated heterocycles. The van der Waals surface area contributed by atoms with E-state index in [1.165, 1.54) is 18.2 Å². The second-order valence-electron chi connectivity index (χ2n) is 2.58. The smallest absolute Gasteiger partial charge is 0.250 e. The zero-order chi connectivity index (χ0) is 11.3. The van der Waals surface area contributed by atoms with Crippen molar-refractivity contribution in [2.75, 3.05) is 5.32 Å². The number of carbonyl (C=O) groups is 1. The summed E-state index contributed by atoms with van der Waals surface area (Å²) >= 11 is 0. The van der Waals surface area contributed by atoms with Gasteiger partial charge in [0.2, 0.25) is 6.20 Å². The third kappa shape index (κ3) is 3.11. The van der Waals surface area contributed by atoms with Gasteiger partial charge in [-0.2, -0.15) is 0 Å². The number of rotatable bonds is 4. The SMILES string of the molecule is O=C([O-])c1ccccc1N/C=C\[N+](=O)[O-]. The van der Waals surface area contributed by atoms with E-state index in [9.17, 15) is 20.0 Å². The molecule has 0 bridgehead atoms. The Morgan fingerprint density at radius 2 is 2.07 bits per heavy atom. The first-order valence-electron chi connectivity index (χ1n) is 3.98. The molecule has 0 atom stereocenters. The molecule has 6 heteroatoms. The highest BCUT2D eigenvalue weighted by Crippen LogP contribution is 2.13. The van der Waals surface area contributed by atoms with Crippen molar-refractivity contribution in [1.29, 1.82) is 0 Å². The Balaban J connectivity index is 2.85. The predicted octanol–water partition coefficient (Wildman–Crippen LogP) is 0.210. The van der Waals surface area contributed by atoms with Crippen LogP contribution < -0.4 is 10.4 Å². The highest BCUT2D eigenvalue weighted by molar-refractivity contribution is 5.92. The molecule has 6 nitrogen and oxygen atoms in total. The van der Waals surface area contributed by atoms with E-state index in [2.05, 4.69) is 5.32 Å². The van der Waals surface area contributed by atoms with Gasteiger partial charge in [0.05, 0.1) is 17.1 Å². The van der Waals surface area contributed by atoms with Crippen molar-refractivity contribution in [3.63, 3.8) is 0 Å². The summed E-state index contributed by atoms with van der Waals surface area (Å²) in [6.45, 7) is 0. The summed E-state index contributed by atoms with van der Waals surface area (Å²) in [5.41, 5.74) is 0.195. The Hall–Kier alpha value is -2.37. The van der Waals surface area contributed by atoms with E-state index in [0.717, 1.165) is 6.20 Å². The molecule has 0 aliphatic carbocycles. The number of carboxylic acid groups (broad SMARTS) is 1. The molecule has 0 amide bonds. The summed E-state index contributed by atoms with van der Waals surface area (Å²) in [5, 5.41) is 23.1. The van der Waals surface area contributed by atoms with Crippen LogP contribution >= 0.6 is 0 Å². The Bertz CT molecular complexity index is 414. The standard InChI is InChI=1S/C9H8N2O4/c12-9(13)7-3-1-2-4-8(7)10-5-6-11(14)15/h1-6,10H,(H,12,13)/p-1/b6-5-. The van der Waals surface area contributed by atoms with Gasteiger partial charge in [-0.3, -0.25) is 10.1 Å². The number of anilines is 1. The molecular weight excluding hydrogens is 200 g/mol. The maximum atomic E-state index is 10.6. The van der Waals surface area contributed by atoms with Crippen LogP contribution in [0.25, 0.3) is 0 Å². The van der Waals surface area contributed by atoms with Crippen LogP contribution in [0.3, 0.4) is 0 Å². The Morgan fingerprint density at radius 1 is 1.40 bits per heavy atom. The first kappa shape index (κ1) is 10.7. The molecule has 0 saturated carbocycles. The Labute approximate surface area is 85.0 Å². The van der Waals surface area contributed by atoms with E-state index in [1.807, 2.05) is 0 Å². The number of hydrogen-bond donors (Lipinski definition) is 1. The molecule has 78 valence electrons. The van der Waals surface area contributed by atoms with E-state index in [4.69, 9.17) is 0 Å². The van der Waals surface area contributed by atoms with Gasteiger partial charge < -0.3 is 15.2 Å². The molecule has 0 aliphatic heterocycles. The van der Waals surface area contributed by atoms with Crippen molar-refractivity contribution < 1.29 is 14.8 Å². The third-order valence-corrected chi connectivity index (χ3v) is 1.58. The van der Waals surface area contributed by atoms with E-state index >= 15 is 0 Å². The van der Waals surface area contributed by atoms with Crippen LogP contribution in [0.15, 0.2) is 36.7 Å². The van der Waals surface area contributed by atoms with Gasteiger partial charge in [0.15, 0.2) is 0 Å². The van der Waals surface area contributed by atoms with Gasteiger partial charge in [0, 0.05) is 11.3 Å². The Morgan fingerprint density at radius 3 is 2.67 bits per heavy atom. The first-order valence-corrected chi connectivity index (χ1v) is 3.98. The second kappa shape index (κ2) is 4.75. The lowest BCUT2D eigenvalue weighted by atomic mass is 10.2. The van der Waals surface area contributed by atoms with Gasteiger partial charge in [-0.15, -0.1) is 0 Å². The van der Waals surface area contributed by atoms with Gasteiger partial charge >= 0.3 is 0 Å². The third-order valence-electron chi connectivity index (χ3n) is 1.58.